The molecule has 0 unspecified atom stereocenters. The Morgan fingerprint density at radius 2 is 1.90 bits per heavy atom. The first-order valence-corrected chi connectivity index (χ1v) is 6.61. The molecule has 5 nitrogen and oxygen atoms in total. The van der Waals surface area contributed by atoms with E-state index < -0.39 is 0 Å². The molecule has 5 heteroatoms. The molecule has 0 aliphatic carbocycles. The smallest absolute Gasteiger partial charge is 0.236 e. The molecule has 0 saturated carbocycles. The van der Waals surface area contributed by atoms with Crippen LogP contribution in [0, 0.1) is 0 Å². The van der Waals surface area contributed by atoms with Crippen molar-refractivity contribution in [3.05, 3.63) is 35.5 Å². The van der Waals surface area contributed by atoms with Gasteiger partial charge in [-0.3, -0.25) is 0 Å². The normalized spacial score (nSPS) is 10.8. The monoisotopic (exact) mass is 275 g/mol. The summed E-state index contributed by atoms with van der Waals surface area (Å²) in [6, 6.07) is 7.75. The number of benzene rings is 1. The molecule has 1 aromatic heterocycles. The van der Waals surface area contributed by atoms with Crippen molar-refractivity contribution in [1.29, 1.82) is 0 Å². The van der Waals surface area contributed by atoms with E-state index in [-0.39, 0.29) is 5.92 Å². The minimum absolute atomic E-state index is 0.277. The number of aromatic nitrogens is 2. The van der Waals surface area contributed by atoms with Crippen LogP contribution in [0.1, 0.15) is 31.0 Å². The minimum Gasteiger partial charge on any atom is -0.497 e. The van der Waals surface area contributed by atoms with Gasteiger partial charge in [-0.1, -0.05) is 26.0 Å². The lowest BCUT2D eigenvalue weighted by atomic mass is 10.1. The third kappa shape index (κ3) is 2.87. The van der Waals surface area contributed by atoms with Gasteiger partial charge in [0.1, 0.15) is 18.0 Å². The molecule has 0 aliphatic rings. The maximum absolute atomic E-state index is 6.09. The number of hydrogen-bond donors (Lipinski definition) is 1. The van der Waals surface area contributed by atoms with Crippen LogP contribution in [0.25, 0.3) is 0 Å². The summed E-state index contributed by atoms with van der Waals surface area (Å²) in [5, 5.41) is 4.40. The highest BCUT2D eigenvalue weighted by Gasteiger charge is 2.17. The summed E-state index contributed by atoms with van der Waals surface area (Å²) in [5.41, 5.74) is 8.63. The van der Waals surface area contributed by atoms with E-state index in [4.69, 9.17) is 15.2 Å². The van der Waals surface area contributed by atoms with Crippen LogP contribution < -0.4 is 15.2 Å². The predicted octanol–water partition coefficient (Wildman–Crippen LogP) is 2.71. The highest BCUT2D eigenvalue weighted by Crippen LogP contribution is 2.30. The van der Waals surface area contributed by atoms with E-state index in [2.05, 4.69) is 18.9 Å². The van der Waals surface area contributed by atoms with Crippen LogP contribution in [0.4, 0.5) is 5.69 Å². The minimum atomic E-state index is 0.277. The molecule has 1 aromatic carbocycles. The van der Waals surface area contributed by atoms with Crippen LogP contribution in [-0.2, 0) is 13.7 Å². The third-order valence-electron chi connectivity index (χ3n) is 3.14. The molecule has 0 atom stereocenters. The molecule has 20 heavy (non-hydrogen) atoms. The molecule has 108 valence electrons. The van der Waals surface area contributed by atoms with Gasteiger partial charge in [-0.05, 0) is 23.6 Å². The van der Waals surface area contributed by atoms with Crippen molar-refractivity contribution in [1.82, 2.24) is 9.78 Å². The fourth-order valence-electron chi connectivity index (χ4n) is 2.02. The number of nitrogens with zero attached hydrogens (tertiary/aromatic N) is 2. The molecule has 0 spiro atoms. The third-order valence-corrected chi connectivity index (χ3v) is 3.14. The fraction of sp³-hybridized carbons (Fsp3) is 0.400. The van der Waals surface area contributed by atoms with Crippen LogP contribution in [0.15, 0.2) is 24.3 Å². The van der Waals surface area contributed by atoms with E-state index >= 15 is 0 Å². The first kappa shape index (κ1) is 14.2. The number of hydrogen-bond acceptors (Lipinski definition) is 4. The largest absolute Gasteiger partial charge is 0.497 e. The molecule has 0 aliphatic heterocycles. The molecule has 1 heterocycles. The van der Waals surface area contributed by atoms with Crippen LogP contribution in [0.3, 0.4) is 0 Å². The molecule has 2 aromatic rings. The lowest BCUT2D eigenvalue weighted by Gasteiger charge is -2.08. The van der Waals surface area contributed by atoms with Gasteiger partial charge in [-0.15, -0.1) is 0 Å². The molecular weight excluding hydrogens is 254 g/mol. The van der Waals surface area contributed by atoms with Crippen LogP contribution >= 0.6 is 0 Å². The molecular formula is C15H21N3O2. The van der Waals surface area contributed by atoms with Crippen molar-refractivity contribution >= 4 is 5.69 Å². The van der Waals surface area contributed by atoms with Crippen molar-refractivity contribution in [2.75, 3.05) is 12.8 Å². The maximum Gasteiger partial charge on any atom is 0.236 e. The summed E-state index contributed by atoms with van der Waals surface area (Å²) < 4.78 is 12.6. The Morgan fingerprint density at radius 3 is 2.40 bits per heavy atom. The van der Waals surface area contributed by atoms with Gasteiger partial charge in [0.2, 0.25) is 5.88 Å². The Labute approximate surface area is 119 Å². The van der Waals surface area contributed by atoms with Crippen molar-refractivity contribution in [2.24, 2.45) is 7.05 Å². The summed E-state index contributed by atoms with van der Waals surface area (Å²) in [6.07, 6.45) is 0. The highest BCUT2D eigenvalue weighted by atomic mass is 16.5. The number of aryl methyl sites for hydroxylation is 1. The van der Waals surface area contributed by atoms with Crippen molar-refractivity contribution in [3.63, 3.8) is 0 Å². The maximum atomic E-state index is 6.09. The summed E-state index contributed by atoms with van der Waals surface area (Å²) in [5.74, 6) is 1.72. The molecule has 2 rings (SSSR count). The molecule has 0 bridgehead atoms. The topological polar surface area (TPSA) is 62.3 Å². The first-order chi connectivity index (χ1) is 9.52. The van der Waals surface area contributed by atoms with Gasteiger partial charge in [0.05, 0.1) is 12.8 Å². The van der Waals surface area contributed by atoms with E-state index in [1.807, 2.05) is 31.3 Å². The van der Waals surface area contributed by atoms with E-state index in [0.717, 1.165) is 17.0 Å². The molecule has 2 N–H and O–H groups in total. The summed E-state index contributed by atoms with van der Waals surface area (Å²) >= 11 is 0. The molecule has 0 saturated heterocycles. The van der Waals surface area contributed by atoms with E-state index in [1.54, 1.807) is 11.8 Å². The van der Waals surface area contributed by atoms with Gasteiger partial charge in [-0.2, -0.15) is 5.10 Å². The zero-order chi connectivity index (χ0) is 14.7. The second-order valence-corrected chi connectivity index (χ2v) is 5.02. The van der Waals surface area contributed by atoms with Crippen molar-refractivity contribution < 1.29 is 9.47 Å². The SMILES string of the molecule is COc1ccc(COc2c(N)c(C(C)C)nn2C)cc1. The number of ether oxygens (including phenoxy) is 2. The fourth-order valence-corrected chi connectivity index (χ4v) is 2.02. The van der Waals surface area contributed by atoms with Gasteiger partial charge < -0.3 is 15.2 Å². The standard InChI is InChI=1S/C15H21N3O2/c1-10(2)14-13(16)15(18(3)17-14)20-9-11-5-7-12(19-4)8-6-11/h5-8,10H,9,16H2,1-4H3. The molecule has 0 amide bonds. The van der Waals surface area contributed by atoms with E-state index in [9.17, 15) is 0 Å². The average Bonchev–Trinajstić information content (AvgIpc) is 2.72. The summed E-state index contributed by atoms with van der Waals surface area (Å²) in [6.45, 7) is 4.57. The number of methoxy groups -OCH3 is 1. The number of nitrogen functional groups attached to an aromatic ring is 1. The number of rotatable bonds is 5. The van der Waals surface area contributed by atoms with Crippen molar-refractivity contribution in [3.8, 4) is 11.6 Å². The van der Waals surface area contributed by atoms with Gasteiger partial charge in [0.15, 0.2) is 0 Å². The van der Waals surface area contributed by atoms with Gasteiger partial charge in [-0.25, -0.2) is 4.68 Å². The Hall–Kier alpha value is -2.17. The zero-order valence-electron chi connectivity index (χ0n) is 12.4. The second-order valence-electron chi connectivity index (χ2n) is 5.02. The Kier molecular flexibility index (Phi) is 4.17. The van der Waals surface area contributed by atoms with Gasteiger partial charge in [0, 0.05) is 7.05 Å². The molecule has 0 fully saturated rings. The second kappa shape index (κ2) is 5.86. The van der Waals surface area contributed by atoms with E-state index in [1.165, 1.54) is 0 Å². The average molecular weight is 275 g/mol. The lowest BCUT2D eigenvalue weighted by molar-refractivity contribution is 0.280. The number of anilines is 1. The number of nitrogens with two attached hydrogens (primary N) is 1. The van der Waals surface area contributed by atoms with E-state index in [0.29, 0.717) is 18.2 Å². The highest BCUT2D eigenvalue weighted by molar-refractivity contribution is 5.54. The molecule has 0 radical (unpaired) electrons. The summed E-state index contributed by atoms with van der Waals surface area (Å²) in [4.78, 5) is 0. The predicted molar refractivity (Wildman–Crippen MR) is 79.0 cm³/mol. The zero-order valence-corrected chi connectivity index (χ0v) is 12.4. The Morgan fingerprint density at radius 1 is 1.25 bits per heavy atom. The Bertz CT molecular complexity index is 574. The van der Waals surface area contributed by atoms with Crippen molar-refractivity contribution in [2.45, 2.75) is 26.4 Å². The quantitative estimate of drug-likeness (QED) is 0.911. The van der Waals surface area contributed by atoms with Crippen LogP contribution in [0.2, 0.25) is 0 Å². The van der Waals surface area contributed by atoms with Gasteiger partial charge >= 0.3 is 0 Å². The first-order valence-electron chi connectivity index (χ1n) is 6.61. The Balaban J connectivity index is 2.10. The lowest BCUT2D eigenvalue weighted by Crippen LogP contribution is -2.02. The van der Waals surface area contributed by atoms with Gasteiger partial charge in [0.25, 0.3) is 0 Å². The van der Waals surface area contributed by atoms with Crippen LogP contribution in [0.5, 0.6) is 11.6 Å². The summed E-state index contributed by atoms with van der Waals surface area (Å²) in [7, 11) is 3.49. The van der Waals surface area contributed by atoms with Crippen LogP contribution in [-0.4, -0.2) is 16.9 Å².